The Morgan fingerprint density at radius 1 is 1.38 bits per heavy atom. The summed E-state index contributed by atoms with van der Waals surface area (Å²) in [6, 6.07) is 6.32. The minimum atomic E-state index is 0.842. The number of aryl methyl sites for hydroxylation is 1. The Hall–Kier alpha value is -0.870. The predicted octanol–water partition coefficient (Wildman–Crippen LogP) is 3.90. The van der Waals surface area contributed by atoms with Gasteiger partial charge in [-0.05, 0) is 52.5 Å². The van der Waals surface area contributed by atoms with E-state index in [0.29, 0.717) is 0 Å². The molecule has 1 aliphatic heterocycles. The molecule has 0 spiro atoms. The average Bonchev–Trinajstić information content (AvgIpc) is 2.75. The van der Waals surface area contributed by atoms with Crippen molar-refractivity contribution in [2.45, 2.75) is 12.8 Å². The molecule has 0 fully saturated rings. The van der Waals surface area contributed by atoms with Gasteiger partial charge in [0.15, 0.2) is 3.92 Å². The van der Waals surface area contributed by atoms with Crippen molar-refractivity contribution in [3.8, 4) is 17.0 Å². The standard InChI is InChI=1S/C12H10BrNOS/c13-12-14-10(7-16-12)8-3-4-11-9(6-8)2-1-5-15-11/h3-4,6-7H,1-2,5H2. The molecule has 4 heteroatoms. The molecule has 0 unspecified atom stereocenters. The molecule has 0 bridgehead atoms. The van der Waals surface area contributed by atoms with E-state index in [1.54, 1.807) is 11.3 Å². The zero-order valence-corrected chi connectivity index (χ0v) is 11.0. The van der Waals surface area contributed by atoms with E-state index in [4.69, 9.17) is 4.74 Å². The summed E-state index contributed by atoms with van der Waals surface area (Å²) in [5.74, 6) is 1.03. The van der Waals surface area contributed by atoms with Crippen molar-refractivity contribution in [2.75, 3.05) is 6.61 Å². The molecule has 0 N–H and O–H groups in total. The summed E-state index contributed by atoms with van der Waals surface area (Å²) in [6.07, 6.45) is 2.21. The van der Waals surface area contributed by atoms with Gasteiger partial charge in [0.05, 0.1) is 12.3 Å². The zero-order valence-electron chi connectivity index (χ0n) is 8.57. The first kappa shape index (κ1) is 10.3. The number of halogens is 1. The van der Waals surface area contributed by atoms with Crippen LogP contribution in [0.4, 0.5) is 0 Å². The number of aromatic nitrogens is 1. The third kappa shape index (κ3) is 1.87. The zero-order chi connectivity index (χ0) is 11.0. The Kier molecular flexibility index (Phi) is 2.69. The van der Waals surface area contributed by atoms with Gasteiger partial charge >= 0.3 is 0 Å². The van der Waals surface area contributed by atoms with Crippen LogP contribution < -0.4 is 4.74 Å². The van der Waals surface area contributed by atoms with Crippen LogP contribution in [0, 0.1) is 0 Å². The van der Waals surface area contributed by atoms with Gasteiger partial charge in [-0.25, -0.2) is 4.98 Å². The second-order valence-corrected chi connectivity index (χ2v) is 5.89. The minimum absolute atomic E-state index is 0.842. The van der Waals surface area contributed by atoms with Crippen LogP contribution in [0.3, 0.4) is 0 Å². The molecule has 0 saturated carbocycles. The van der Waals surface area contributed by atoms with E-state index in [-0.39, 0.29) is 0 Å². The van der Waals surface area contributed by atoms with Crippen molar-refractivity contribution in [1.82, 2.24) is 4.98 Å². The van der Waals surface area contributed by atoms with Crippen molar-refractivity contribution >= 4 is 27.3 Å². The molecule has 0 atom stereocenters. The van der Waals surface area contributed by atoms with E-state index in [9.17, 15) is 0 Å². The molecule has 1 aliphatic rings. The third-order valence-electron chi connectivity index (χ3n) is 2.68. The fraction of sp³-hybridized carbons (Fsp3) is 0.250. The molecular formula is C12H10BrNOS. The van der Waals surface area contributed by atoms with E-state index in [1.807, 2.05) is 0 Å². The number of rotatable bonds is 1. The molecule has 2 nitrogen and oxygen atoms in total. The number of hydrogen-bond donors (Lipinski definition) is 0. The Bertz CT molecular complexity index is 523. The lowest BCUT2D eigenvalue weighted by Gasteiger charge is -2.17. The van der Waals surface area contributed by atoms with Crippen LogP contribution in [-0.2, 0) is 6.42 Å². The molecule has 1 aromatic heterocycles. The van der Waals surface area contributed by atoms with Crippen molar-refractivity contribution in [3.63, 3.8) is 0 Å². The summed E-state index contributed by atoms with van der Waals surface area (Å²) in [5.41, 5.74) is 3.50. The highest BCUT2D eigenvalue weighted by Gasteiger charge is 2.12. The van der Waals surface area contributed by atoms with Gasteiger partial charge < -0.3 is 4.74 Å². The molecular weight excluding hydrogens is 286 g/mol. The molecule has 2 aromatic rings. The molecule has 16 heavy (non-hydrogen) atoms. The SMILES string of the molecule is Brc1nc(-c2ccc3c(c2)CCCO3)cs1. The molecule has 0 aliphatic carbocycles. The Morgan fingerprint density at radius 3 is 3.12 bits per heavy atom. The van der Waals surface area contributed by atoms with Crippen molar-refractivity contribution < 1.29 is 4.74 Å². The van der Waals surface area contributed by atoms with E-state index >= 15 is 0 Å². The highest BCUT2D eigenvalue weighted by atomic mass is 79.9. The normalized spacial score (nSPS) is 14.3. The first-order valence-electron chi connectivity index (χ1n) is 5.20. The fourth-order valence-electron chi connectivity index (χ4n) is 1.90. The summed E-state index contributed by atoms with van der Waals surface area (Å²) in [5, 5.41) is 2.06. The summed E-state index contributed by atoms with van der Waals surface area (Å²) < 4.78 is 6.52. The van der Waals surface area contributed by atoms with E-state index in [1.165, 1.54) is 11.1 Å². The van der Waals surface area contributed by atoms with E-state index in [2.05, 4.69) is 44.5 Å². The highest BCUT2D eigenvalue weighted by molar-refractivity contribution is 9.11. The van der Waals surface area contributed by atoms with Gasteiger partial charge in [0, 0.05) is 10.9 Å². The molecule has 82 valence electrons. The van der Waals surface area contributed by atoms with Gasteiger partial charge in [-0.2, -0.15) is 0 Å². The molecule has 0 radical (unpaired) electrons. The molecule has 0 amide bonds. The second-order valence-electron chi connectivity index (χ2n) is 3.76. The highest BCUT2D eigenvalue weighted by Crippen LogP contribution is 2.31. The number of fused-ring (bicyclic) bond motifs is 1. The number of nitrogens with zero attached hydrogens (tertiary/aromatic N) is 1. The van der Waals surface area contributed by atoms with Crippen molar-refractivity contribution in [3.05, 3.63) is 33.1 Å². The topological polar surface area (TPSA) is 22.1 Å². The molecule has 0 saturated heterocycles. The summed E-state index contributed by atoms with van der Waals surface area (Å²) in [6.45, 7) is 0.842. The maximum atomic E-state index is 5.59. The van der Waals surface area contributed by atoms with Crippen LogP contribution in [-0.4, -0.2) is 11.6 Å². The Labute approximate surface area is 106 Å². The number of benzene rings is 1. The van der Waals surface area contributed by atoms with Crippen LogP contribution in [0.15, 0.2) is 27.5 Å². The smallest absolute Gasteiger partial charge is 0.159 e. The first-order valence-corrected chi connectivity index (χ1v) is 6.87. The van der Waals surface area contributed by atoms with Crippen molar-refractivity contribution in [2.24, 2.45) is 0 Å². The molecule has 1 aromatic carbocycles. The molecule has 2 heterocycles. The maximum Gasteiger partial charge on any atom is 0.159 e. The van der Waals surface area contributed by atoms with Crippen LogP contribution in [0.2, 0.25) is 0 Å². The van der Waals surface area contributed by atoms with Crippen LogP contribution in [0.5, 0.6) is 5.75 Å². The third-order valence-corrected chi connectivity index (χ3v) is 4.05. The van der Waals surface area contributed by atoms with Crippen LogP contribution in [0.25, 0.3) is 11.3 Å². The van der Waals surface area contributed by atoms with Crippen LogP contribution in [0.1, 0.15) is 12.0 Å². The summed E-state index contributed by atoms with van der Waals surface area (Å²) in [7, 11) is 0. The number of ether oxygens (including phenoxy) is 1. The summed E-state index contributed by atoms with van der Waals surface area (Å²) in [4.78, 5) is 4.42. The van der Waals surface area contributed by atoms with Gasteiger partial charge in [0.25, 0.3) is 0 Å². The van der Waals surface area contributed by atoms with Gasteiger partial charge in [0.1, 0.15) is 5.75 Å². The minimum Gasteiger partial charge on any atom is -0.493 e. The average molecular weight is 296 g/mol. The lowest BCUT2D eigenvalue weighted by atomic mass is 10.0. The van der Waals surface area contributed by atoms with E-state index in [0.717, 1.165) is 34.8 Å². The quantitative estimate of drug-likeness (QED) is 0.796. The predicted molar refractivity (Wildman–Crippen MR) is 69.1 cm³/mol. The fourth-order valence-corrected chi connectivity index (χ4v) is 2.92. The lowest BCUT2D eigenvalue weighted by Crippen LogP contribution is -2.07. The maximum absolute atomic E-state index is 5.59. The number of hydrogen-bond acceptors (Lipinski definition) is 3. The molecule has 3 rings (SSSR count). The Balaban J connectivity index is 2.02. The number of thiazole rings is 1. The van der Waals surface area contributed by atoms with Crippen molar-refractivity contribution in [1.29, 1.82) is 0 Å². The Morgan fingerprint density at radius 2 is 2.31 bits per heavy atom. The van der Waals surface area contributed by atoms with Crippen LogP contribution >= 0.6 is 27.3 Å². The van der Waals surface area contributed by atoms with Gasteiger partial charge in [0.2, 0.25) is 0 Å². The monoisotopic (exact) mass is 295 g/mol. The second kappa shape index (κ2) is 4.18. The first-order chi connectivity index (χ1) is 7.83. The largest absolute Gasteiger partial charge is 0.493 e. The van der Waals surface area contributed by atoms with E-state index < -0.39 is 0 Å². The van der Waals surface area contributed by atoms with Gasteiger partial charge in [-0.15, -0.1) is 11.3 Å². The lowest BCUT2D eigenvalue weighted by molar-refractivity contribution is 0.288. The van der Waals surface area contributed by atoms with Gasteiger partial charge in [-0.1, -0.05) is 0 Å². The van der Waals surface area contributed by atoms with Gasteiger partial charge in [-0.3, -0.25) is 0 Å². The summed E-state index contributed by atoms with van der Waals surface area (Å²) >= 11 is 5.00.